The summed E-state index contributed by atoms with van der Waals surface area (Å²) < 4.78 is 1.29. The summed E-state index contributed by atoms with van der Waals surface area (Å²) in [4.78, 5) is 38.9. The first kappa shape index (κ1) is 17.7. The Morgan fingerprint density at radius 3 is 2.50 bits per heavy atom. The number of nitrogens with one attached hydrogen (secondary N) is 2. The Balaban J connectivity index is 1.86. The molecule has 2 N–H and O–H groups in total. The van der Waals surface area contributed by atoms with Gasteiger partial charge in [0.25, 0.3) is 5.56 Å². The monoisotopic (exact) mass is 351 g/mol. The zero-order valence-corrected chi connectivity index (χ0v) is 14.8. The minimum atomic E-state index is -0.591. The van der Waals surface area contributed by atoms with Crippen molar-refractivity contribution in [3.05, 3.63) is 80.5 Å². The normalized spacial score (nSPS) is 12.1. The molecule has 0 bridgehead atoms. The molecule has 0 aliphatic carbocycles. The summed E-state index contributed by atoms with van der Waals surface area (Å²) in [5.41, 5.74) is 1.58. The highest BCUT2D eigenvalue weighted by atomic mass is 16.2. The van der Waals surface area contributed by atoms with Crippen LogP contribution in [0.2, 0.25) is 0 Å². The SMILES string of the molecule is CC[C@@H](NC(=O)Cn1c(=O)[nH]c(=O)c2ccccc21)c1ccc(C)cc1. The van der Waals surface area contributed by atoms with Gasteiger partial charge in [-0.1, -0.05) is 48.9 Å². The van der Waals surface area contributed by atoms with E-state index in [1.807, 2.05) is 38.1 Å². The Morgan fingerprint density at radius 1 is 1.12 bits per heavy atom. The molecule has 0 saturated heterocycles. The van der Waals surface area contributed by atoms with Gasteiger partial charge in [0.1, 0.15) is 6.54 Å². The van der Waals surface area contributed by atoms with Gasteiger partial charge >= 0.3 is 5.69 Å². The van der Waals surface area contributed by atoms with Gasteiger partial charge in [0.15, 0.2) is 0 Å². The van der Waals surface area contributed by atoms with Crippen molar-refractivity contribution in [1.29, 1.82) is 0 Å². The largest absolute Gasteiger partial charge is 0.348 e. The Hall–Kier alpha value is -3.15. The summed E-state index contributed by atoms with van der Waals surface area (Å²) in [5, 5.41) is 3.35. The van der Waals surface area contributed by atoms with E-state index in [0.29, 0.717) is 10.9 Å². The van der Waals surface area contributed by atoms with E-state index in [4.69, 9.17) is 0 Å². The molecule has 6 heteroatoms. The molecule has 1 amide bonds. The third kappa shape index (κ3) is 3.59. The van der Waals surface area contributed by atoms with E-state index in [1.54, 1.807) is 24.3 Å². The topological polar surface area (TPSA) is 84.0 Å². The van der Waals surface area contributed by atoms with Gasteiger partial charge in [-0.25, -0.2) is 4.79 Å². The first-order valence-electron chi connectivity index (χ1n) is 8.57. The van der Waals surface area contributed by atoms with E-state index in [0.717, 1.165) is 17.5 Å². The quantitative estimate of drug-likeness (QED) is 0.739. The second kappa shape index (κ2) is 7.39. The highest BCUT2D eigenvalue weighted by Gasteiger charge is 2.15. The van der Waals surface area contributed by atoms with Crippen molar-refractivity contribution in [3.63, 3.8) is 0 Å². The molecule has 0 fully saturated rings. The van der Waals surface area contributed by atoms with Gasteiger partial charge < -0.3 is 5.32 Å². The number of aromatic amines is 1. The summed E-state index contributed by atoms with van der Waals surface area (Å²) in [7, 11) is 0. The van der Waals surface area contributed by atoms with E-state index < -0.39 is 11.2 Å². The molecule has 134 valence electrons. The van der Waals surface area contributed by atoms with Gasteiger partial charge in [-0.3, -0.25) is 19.1 Å². The van der Waals surface area contributed by atoms with Crippen molar-refractivity contribution in [1.82, 2.24) is 14.9 Å². The van der Waals surface area contributed by atoms with Crippen molar-refractivity contribution >= 4 is 16.8 Å². The molecule has 2 aromatic carbocycles. The number of benzene rings is 2. The van der Waals surface area contributed by atoms with Crippen LogP contribution in [0.5, 0.6) is 0 Å². The summed E-state index contributed by atoms with van der Waals surface area (Å²) >= 11 is 0. The zero-order valence-electron chi connectivity index (χ0n) is 14.8. The maximum absolute atomic E-state index is 12.5. The van der Waals surface area contributed by atoms with Crippen LogP contribution in [0.25, 0.3) is 10.9 Å². The van der Waals surface area contributed by atoms with Gasteiger partial charge in [-0.2, -0.15) is 0 Å². The fraction of sp³-hybridized carbons (Fsp3) is 0.250. The van der Waals surface area contributed by atoms with Crippen molar-refractivity contribution in [2.24, 2.45) is 0 Å². The Bertz CT molecular complexity index is 1050. The number of hydrogen-bond acceptors (Lipinski definition) is 3. The van der Waals surface area contributed by atoms with Crippen molar-refractivity contribution in [3.8, 4) is 0 Å². The third-order valence-electron chi connectivity index (χ3n) is 4.43. The molecule has 0 saturated carbocycles. The summed E-state index contributed by atoms with van der Waals surface area (Å²) in [5.74, 6) is -0.281. The molecule has 1 atom stereocenters. The Labute approximate surface area is 150 Å². The van der Waals surface area contributed by atoms with Crippen molar-refractivity contribution < 1.29 is 4.79 Å². The van der Waals surface area contributed by atoms with Crippen molar-refractivity contribution in [2.45, 2.75) is 32.9 Å². The number of fused-ring (bicyclic) bond motifs is 1. The number of amides is 1. The average molecular weight is 351 g/mol. The molecule has 0 aliphatic rings. The Kier molecular flexibility index (Phi) is 5.02. The van der Waals surface area contributed by atoms with E-state index in [-0.39, 0.29) is 18.5 Å². The van der Waals surface area contributed by atoms with E-state index in [1.165, 1.54) is 4.57 Å². The van der Waals surface area contributed by atoms with Crippen LogP contribution in [-0.4, -0.2) is 15.5 Å². The highest BCUT2D eigenvalue weighted by Crippen LogP contribution is 2.17. The molecule has 6 nitrogen and oxygen atoms in total. The summed E-state index contributed by atoms with van der Waals surface area (Å²) in [6.45, 7) is 3.85. The van der Waals surface area contributed by atoms with Gasteiger partial charge in [-0.15, -0.1) is 0 Å². The smallest absolute Gasteiger partial charge is 0.329 e. The fourth-order valence-corrected chi connectivity index (χ4v) is 3.00. The van der Waals surface area contributed by atoms with Crippen LogP contribution in [0, 0.1) is 6.92 Å². The standard InChI is InChI=1S/C20H21N3O3/c1-3-16(14-10-8-13(2)9-11-14)21-18(24)12-23-17-7-5-4-6-15(17)19(25)22-20(23)26/h4-11,16H,3,12H2,1-2H3,(H,21,24)(H,22,25,26)/t16-/m1/s1. The van der Waals surface area contributed by atoms with Gasteiger partial charge in [-0.05, 0) is 31.0 Å². The van der Waals surface area contributed by atoms with Crippen LogP contribution in [-0.2, 0) is 11.3 Å². The lowest BCUT2D eigenvalue weighted by atomic mass is 10.0. The second-order valence-corrected chi connectivity index (χ2v) is 6.30. The summed E-state index contributed by atoms with van der Waals surface area (Å²) in [6, 6.07) is 14.6. The van der Waals surface area contributed by atoms with Crippen LogP contribution in [0.1, 0.15) is 30.5 Å². The predicted octanol–water partition coefficient (Wildman–Crippen LogP) is 2.27. The van der Waals surface area contributed by atoms with Crippen LogP contribution >= 0.6 is 0 Å². The molecule has 26 heavy (non-hydrogen) atoms. The minimum Gasteiger partial charge on any atom is -0.348 e. The molecule has 0 aliphatic heterocycles. The number of carbonyl (C=O) groups is 1. The van der Waals surface area contributed by atoms with Gasteiger partial charge in [0.05, 0.1) is 16.9 Å². The number of para-hydroxylation sites is 1. The number of aryl methyl sites for hydroxylation is 1. The van der Waals surface area contributed by atoms with Crippen molar-refractivity contribution in [2.75, 3.05) is 0 Å². The average Bonchev–Trinajstić information content (AvgIpc) is 2.64. The number of aromatic nitrogens is 2. The van der Waals surface area contributed by atoms with Crippen LogP contribution in [0.4, 0.5) is 0 Å². The van der Waals surface area contributed by atoms with Gasteiger partial charge in [0, 0.05) is 0 Å². The Morgan fingerprint density at radius 2 is 1.81 bits per heavy atom. The number of H-pyrrole nitrogens is 1. The van der Waals surface area contributed by atoms with Crippen LogP contribution < -0.4 is 16.6 Å². The number of rotatable bonds is 5. The molecule has 3 rings (SSSR count). The lowest BCUT2D eigenvalue weighted by molar-refractivity contribution is -0.122. The molecule has 0 radical (unpaired) electrons. The molecule has 0 spiro atoms. The molecule has 1 heterocycles. The minimum absolute atomic E-state index is 0.132. The second-order valence-electron chi connectivity index (χ2n) is 6.30. The maximum atomic E-state index is 12.5. The first-order chi connectivity index (χ1) is 12.5. The molecule has 1 aromatic heterocycles. The maximum Gasteiger partial charge on any atom is 0.329 e. The fourth-order valence-electron chi connectivity index (χ4n) is 3.00. The van der Waals surface area contributed by atoms with Crippen LogP contribution in [0.3, 0.4) is 0 Å². The summed E-state index contributed by atoms with van der Waals surface area (Å²) in [6.07, 6.45) is 0.732. The lowest BCUT2D eigenvalue weighted by Crippen LogP contribution is -2.37. The van der Waals surface area contributed by atoms with Gasteiger partial charge in [0.2, 0.25) is 5.91 Å². The number of nitrogens with zero attached hydrogens (tertiary/aromatic N) is 1. The molecule has 3 aromatic rings. The number of hydrogen-bond donors (Lipinski definition) is 2. The number of carbonyl (C=O) groups excluding carboxylic acids is 1. The van der Waals surface area contributed by atoms with E-state index in [9.17, 15) is 14.4 Å². The highest BCUT2D eigenvalue weighted by molar-refractivity contribution is 5.81. The molecular weight excluding hydrogens is 330 g/mol. The van der Waals surface area contributed by atoms with Crippen LogP contribution in [0.15, 0.2) is 58.1 Å². The first-order valence-corrected chi connectivity index (χ1v) is 8.57. The molecular formula is C20H21N3O3. The van der Waals surface area contributed by atoms with E-state index >= 15 is 0 Å². The molecule has 0 unspecified atom stereocenters. The zero-order chi connectivity index (χ0) is 18.7. The van der Waals surface area contributed by atoms with E-state index in [2.05, 4.69) is 10.3 Å². The lowest BCUT2D eigenvalue weighted by Gasteiger charge is -2.18. The predicted molar refractivity (Wildman–Crippen MR) is 101 cm³/mol. The third-order valence-corrected chi connectivity index (χ3v) is 4.43.